The maximum Gasteiger partial charge on any atom is 0.261 e. The molecule has 3 aliphatic rings. The Morgan fingerprint density at radius 2 is 1.87 bits per heavy atom. The highest BCUT2D eigenvalue weighted by Crippen LogP contribution is 2.34. The molecule has 3 aliphatic heterocycles. The second-order valence-corrected chi connectivity index (χ2v) is 7.49. The Morgan fingerprint density at radius 1 is 1.03 bits per heavy atom. The Labute approximate surface area is 172 Å². The molecule has 0 aromatic heterocycles. The lowest BCUT2D eigenvalue weighted by atomic mass is 10.1. The van der Waals surface area contributed by atoms with Crippen molar-refractivity contribution in [3.05, 3.63) is 58.7 Å². The van der Waals surface area contributed by atoms with Crippen LogP contribution in [-0.4, -0.2) is 48.7 Å². The van der Waals surface area contributed by atoms with E-state index in [0.29, 0.717) is 29.2 Å². The molecular formula is C22H20N2O6. The van der Waals surface area contributed by atoms with Gasteiger partial charge in [0.25, 0.3) is 17.7 Å². The smallest absolute Gasteiger partial charge is 0.261 e. The molecule has 154 valence electrons. The molecule has 2 aromatic rings. The van der Waals surface area contributed by atoms with Crippen molar-refractivity contribution in [1.29, 1.82) is 0 Å². The standard InChI is InChI=1S/C22H20N2O6/c25-20(23-10-15-2-1-7-28-15)14-4-5-16-17(9-14)22(27)24(21(16)26)11-13-3-6-18-19(8-13)30-12-29-18/h3-6,8-9,15H,1-2,7,10-12H2,(H,23,25)/t15-/m1/s1. The molecule has 0 saturated carbocycles. The average Bonchev–Trinajstić information content (AvgIpc) is 3.49. The number of fused-ring (bicyclic) bond motifs is 2. The number of rotatable bonds is 5. The van der Waals surface area contributed by atoms with Gasteiger partial charge in [-0.15, -0.1) is 0 Å². The third-order valence-corrected chi connectivity index (χ3v) is 5.52. The Bertz CT molecular complexity index is 1040. The number of carbonyl (C=O) groups is 3. The lowest BCUT2D eigenvalue weighted by molar-refractivity contribution is 0.0642. The number of carbonyl (C=O) groups excluding carboxylic acids is 3. The van der Waals surface area contributed by atoms with Crippen LogP contribution in [0.15, 0.2) is 36.4 Å². The molecule has 1 fully saturated rings. The van der Waals surface area contributed by atoms with Crippen LogP contribution in [0.25, 0.3) is 0 Å². The van der Waals surface area contributed by atoms with Crippen LogP contribution in [0, 0.1) is 0 Å². The van der Waals surface area contributed by atoms with Gasteiger partial charge in [0.05, 0.1) is 23.8 Å². The molecule has 8 heteroatoms. The molecule has 3 heterocycles. The van der Waals surface area contributed by atoms with Gasteiger partial charge in [-0.3, -0.25) is 19.3 Å². The zero-order chi connectivity index (χ0) is 20.7. The molecule has 1 atom stereocenters. The summed E-state index contributed by atoms with van der Waals surface area (Å²) in [5.41, 5.74) is 1.64. The fourth-order valence-electron chi connectivity index (χ4n) is 3.91. The highest BCUT2D eigenvalue weighted by atomic mass is 16.7. The quantitative estimate of drug-likeness (QED) is 0.762. The van der Waals surface area contributed by atoms with E-state index in [9.17, 15) is 14.4 Å². The van der Waals surface area contributed by atoms with Crippen LogP contribution in [0.1, 0.15) is 49.5 Å². The molecule has 0 spiro atoms. The predicted octanol–water partition coefficient (Wildman–Crippen LogP) is 2.12. The summed E-state index contributed by atoms with van der Waals surface area (Å²) in [7, 11) is 0. The van der Waals surface area contributed by atoms with Gasteiger partial charge in [0.2, 0.25) is 6.79 Å². The van der Waals surface area contributed by atoms with Gasteiger partial charge in [-0.05, 0) is 48.7 Å². The fraction of sp³-hybridized carbons (Fsp3) is 0.318. The number of ether oxygens (including phenoxy) is 3. The summed E-state index contributed by atoms with van der Waals surface area (Å²) >= 11 is 0. The number of hydrogen-bond acceptors (Lipinski definition) is 6. The van der Waals surface area contributed by atoms with Crippen molar-refractivity contribution in [2.24, 2.45) is 0 Å². The molecule has 5 rings (SSSR count). The molecule has 0 radical (unpaired) electrons. The van der Waals surface area contributed by atoms with Gasteiger partial charge >= 0.3 is 0 Å². The summed E-state index contributed by atoms with van der Waals surface area (Å²) in [5, 5.41) is 2.83. The van der Waals surface area contributed by atoms with E-state index in [2.05, 4.69) is 5.32 Å². The first-order valence-electron chi connectivity index (χ1n) is 9.89. The molecule has 8 nitrogen and oxygen atoms in total. The van der Waals surface area contributed by atoms with Gasteiger partial charge in [-0.2, -0.15) is 0 Å². The van der Waals surface area contributed by atoms with E-state index in [1.54, 1.807) is 24.3 Å². The number of amides is 3. The number of benzene rings is 2. The molecule has 2 aromatic carbocycles. The fourth-order valence-corrected chi connectivity index (χ4v) is 3.91. The molecule has 3 amide bonds. The highest BCUT2D eigenvalue weighted by Gasteiger charge is 2.36. The van der Waals surface area contributed by atoms with Gasteiger partial charge in [0.1, 0.15) is 0 Å². The Kier molecular flexibility index (Phi) is 4.63. The molecule has 0 aliphatic carbocycles. The van der Waals surface area contributed by atoms with E-state index in [4.69, 9.17) is 14.2 Å². The van der Waals surface area contributed by atoms with E-state index < -0.39 is 5.91 Å². The van der Waals surface area contributed by atoms with Gasteiger partial charge in [0, 0.05) is 18.7 Å². The Balaban J connectivity index is 1.31. The third kappa shape index (κ3) is 3.29. The number of nitrogens with one attached hydrogen (secondary N) is 1. The zero-order valence-corrected chi connectivity index (χ0v) is 16.2. The van der Waals surface area contributed by atoms with Gasteiger partial charge < -0.3 is 19.5 Å². The van der Waals surface area contributed by atoms with Gasteiger partial charge in [-0.1, -0.05) is 6.07 Å². The molecular weight excluding hydrogens is 388 g/mol. The van der Waals surface area contributed by atoms with Crippen LogP contribution in [0.4, 0.5) is 0 Å². The largest absolute Gasteiger partial charge is 0.454 e. The van der Waals surface area contributed by atoms with Crippen molar-refractivity contribution in [1.82, 2.24) is 10.2 Å². The lowest BCUT2D eigenvalue weighted by Crippen LogP contribution is -2.31. The maximum absolute atomic E-state index is 12.9. The third-order valence-electron chi connectivity index (χ3n) is 5.52. The average molecular weight is 408 g/mol. The van der Waals surface area contributed by atoms with E-state index in [-0.39, 0.29) is 36.8 Å². The summed E-state index contributed by atoms with van der Waals surface area (Å²) in [4.78, 5) is 39.3. The first kappa shape index (κ1) is 18.6. The SMILES string of the molecule is O=C(NC[C@H]1CCCO1)c1ccc2c(c1)C(=O)N(Cc1ccc3c(c1)OCO3)C2=O. The number of nitrogens with zero attached hydrogens (tertiary/aromatic N) is 1. The normalized spacial score (nSPS) is 19.3. The first-order chi connectivity index (χ1) is 14.6. The number of imide groups is 1. The van der Waals surface area contributed by atoms with Crippen LogP contribution >= 0.6 is 0 Å². The Hall–Kier alpha value is -3.39. The first-order valence-corrected chi connectivity index (χ1v) is 9.89. The summed E-state index contributed by atoms with van der Waals surface area (Å²) in [5.74, 6) is 0.150. The highest BCUT2D eigenvalue weighted by molar-refractivity contribution is 6.22. The van der Waals surface area contributed by atoms with Gasteiger partial charge in [-0.25, -0.2) is 0 Å². The second-order valence-electron chi connectivity index (χ2n) is 7.49. The van der Waals surface area contributed by atoms with E-state index in [1.807, 2.05) is 0 Å². The van der Waals surface area contributed by atoms with Crippen molar-refractivity contribution in [3.8, 4) is 11.5 Å². The van der Waals surface area contributed by atoms with E-state index in [1.165, 1.54) is 17.0 Å². The van der Waals surface area contributed by atoms with Crippen molar-refractivity contribution in [2.75, 3.05) is 19.9 Å². The summed E-state index contributed by atoms with van der Waals surface area (Å²) < 4.78 is 16.2. The van der Waals surface area contributed by atoms with E-state index in [0.717, 1.165) is 25.0 Å². The Morgan fingerprint density at radius 3 is 2.70 bits per heavy atom. The van der Waals surface area contributed by atoms with Crippen molar-refractivity contribution < 1.29 is 28.6 Å². The minimum atomic E-state index is -0.415. The van der Waals surface area contributed by atoms with Crippen LogP contribution in [0.2, 0.25) is 0 Å². The lowest BCUT2D eigenvalue weighted by Gasteiger charge is -2.14. The summed E-state index contributed by atoms with van der Waals surface area (Å²) in [6.45, 7) is 1.42. The van der Waals surface area contributed by atoms with Crippen LogP contribution in [-0.2, 0) is 11.3 Å². The summed E-state index contributed by atoms with van der Waals surface area (Å²) in [6.07, 6.45) is 1.95. The second kappa shape index (κ2) is 7.46. The number of hydrogen-bond donors (Lipinski definition) is 1. The van der Waals surface area contributed by atoms with Crippen LogP contribution < -0.4 is 14.8 Å². The molecule has 0 bridgehead atoms. The molecule has 1 N–H and O–H groups in total. The van der Waals surface area contributed by atoms with Crippen LogP contribution in [0.3, 0.4) is 0 Å². The topological polar surface area (TPSA) is 94.2 Å². The van der Waals surface area contributed by atoms with E-state index >= 15 is 0 Å². The zero-order valence-electron chi connectivity index (χ0n) is 16.2. The minimum absolute atomic E-state index is 0.0313. The summed E-state index contributed by atoms with van der Waals surface area (Å²) in [6, 6.07) is 9.90. The predicted molar refractivity (Wildman–Crippen MR) is 105 cm³/mol. The monoisotopic (exact) mass is 408 g/mol. The maximum atomic E-state index is 12.9. The van der Waals surface area contributed by atoms with Crippen LogP contribution in [0.5, 0.6) is 11.5 Å². The minimum Gasteiger partial charge on any atom is -0.454 e. The molecule has 0 unspecified atom stereocenters. The van der Waals surface area contributed by atoms with Crippen molar-refractivity contribution in [3.63, 3.8) is 0 Å². The van der Waals surface area contributed by atoms with Gasteiger partial charge in [0.15, 0.2) is 11.5 Å². The molecule has 30 heavy (non-hydrogen) atoms. The van der Waals surface area contributed by atoms with Crippen molar-refractivity contribution in [2.45, 2.75) is 25.5 Å². The molecule has 1 saturated heterocycles. The van der Waals surface area contributed by atoms with Crippen molar-refractivity contribution >= 4 is 17.7 Å².